The lowest BCUT2D eigenvalue weighted by Crippen LogP contribution is -2.10. The van der Waals surface area contributed by atoms with Crippen LogP contribution in [0.2, 0.25) is 0 Å². The van der Waals surface area contributed by atoms with Crippen molar-refractivity contribution in [3.63, 3.8) is 0 Å². The van der Waals surface area contributed by atoms with Gasteiger partial charge in [-0.05, 0) is 25.5 Å². The molecule has 0 aliphatic carbocycles. The van der Waals surface area contributed by atoms with Gasteiger partial charge in [-0.1, -0.05) is 6.92 Å². The maximum absolute atomic E-state index is 5.56. The van der Waals surface area contributed by atoms with Crippen LogP contribution in [0, 0.1) is 6.92 Å². The lowest BCUT2D eigenvalue weighted by Gasteiger charge is -2.07. The summed E-state index contributed by atoms with van der Waals surface area (Å²) >= 11 is 0. The van der Waals surface area contributed by atoms with E-state index in [1.807, 2.05) is 19.1 Å². The molecule has 1 aromatic heterocycles. The average Bonchev–Trinajstić information content (AvgIpc) is 2.39. The maximum atomic E-state index is 5.56. The van der Waals surface area contributed by atoms with Gasteiger partial charge < -0.3 is 10.2 Å². The van der Waals surface area contributed by atoms with Crippen LogP contribution in [0.25, 0.3) is 0 Å². The Kier molecular flexibility index (Phi) is 2.71. The van der Waals surface area contributed by atoms with E-state index in [1.165, 1.54) is 0 Å². The summed E-state index contributed by atoms with van der Waals surface area (Å²) in [5, 5.41) is 0. The number of hydrogen-bond acceptors (Lipinski definition) is 2. The minimum Gasteiger partial charge on any atom is -0.466 e. The molecule has 11 heavy (non-hydrogen) atoms. The largest absolute Gasteiger partial charge is 0.466 e. The first-order valence-electron chi connectivity index (χ1n) is 4.04. The van der Waals surface area contributed by atoms with Crippen molar-refractivity contribution >= 4 is 0 Å². The van der Waals surface area contributed by atoms with Crippen LogP contribution in [-0.2, 0) is 0 Å². The molecule has 2 nitrogen and oxygen atoms in total. The van der Waals surface area contributed by atoms with Crippen LogP contribution in [0.3, 0.4) is 0 Å². The third kappa shape index (κ3) is 1.84. The van der Waals surface area contributed by atoms with E-state index in [0.717, 1.165) is 17.9 Å². The Balaban J connectivity index is 2.73. The van der Waals surface area contributed by atoms with E-state index in [-0.39, 0.29) is 0 Å². The first-order valence-corrected chi connectivity index (χ1v) is 4.04. The van der Waals surface area contributed by atoms with Crippen LogP contribution in [0.5, 0.6) is 0 Å². The Morgan fingerprint density at radius 2 is 2.27 bits per heavy atom. The molecule has 0 radical (unpaired) electrons. The Morgan fingerprint density at radius 3 is 2.64 bits per heavy atom. The summed E-state index contributed by atoms with van der Waals surface area (Å²) in [6.07, 6.45) is 1.05. The van der Waals surface area contributed by atoms with Crippen molar-refractivity contribution in [2.24, 2.45) is 5.73 Å². The van der Waals surface area contributed by atoms with E-state index in [2.05, 4.69) is 6.92 Å². The summed E-state index contributed by atoms with van der Waals surface area (Å²) < 4.78 is 5.45. The van der Waals surface area contributed by atoms with Crippen LogP contribution >= 0.6 is 0 Å². The highest BCUT2D eigenvalue weighted by molar-refractivity contribution is 5.10. The monoisotopic (exact) mass is 153 g/mol. The van der Waals surface area contributed by atoms with Crippen molar-refractivity contribution in [3.05, 3.63) is 23.7 Å². The molecule has 0 saturated carbocycles. The summed E-state index contributed by atoms with van der Waals surface area (Å²) in [5.41, 5.74) is 5.56. The minimum atomic E-state index is 0.392. The molecule has 0 aromatic carbocycles. The Labute approximate surface area is 67.4 Å². The van der Waals surface area contributed by atoms with Crippen LogP contribution in [0.4, 0.5) is 0 Å². The van der Waals surface area contributed by atoms with E-state index in [0.29, 0.717) is 12.5 Å². The lowest BCUT2D eigenvalue weighted by molar-refractivity contribution is 0.439. The van der Waals surface area contributed by atoms with E-state index in [1.54, 1.807) is 0 Å². The first-order chi connectivity index (χ1) is 5.27. The number of rotatable bonds is 3. The number of hydrogen-bond donors (Lipinski definition) is 1. The van der Waals surface area contributed by atoms with Crippen LogP contribution in [-0.4, -0.2) is 6.54 Å². The van der Waals surface area contributed by atoms with Gasteiger partial charge in [-0.2, -0.15) is 0 Å². The zero-order chi connectivity index (χ0) is 8.27. The molecule has 1 heterocycles. The van der Waals surface area contributed by atoms with Crippen LogP contribution < -0.4 is 5.73 Å². The van der Waals surface area contributed by atoms with Crippen LogP contribution in [0.15, 0.2) is 16.5 Å². The number of nitrogens with two attached hydrogens (primary N) is 1. The molecule has 0 spiro atoms. The second-order valence-electron chi connectivity index (χ2n) is 2.79. The van der Waals surface area contributed by atoms with E-state index >= 15 is 0 Å². The molecule has 62 valence electrons. The van der Waals surface area contributed by atoms with Gasteiger partial charge in [0.2, 0.25) is 0 Å². The highest BCUT2D eigenvalue weighted by atomic mass is 16.3. The number of furan rings is 1. The molecule has 1 aromatic rings. The van der Waals surface area contributed by atoms with Crippen molar-refractivity contribution in [3.8, 4) is 0 Å². The van der Waals surface area contributed by atoms with Crippen molar-refractivity contribution in [1.82, 2.24) is 0 Å². The summed E-state index contributed by atoms with van der Waals surface area (Å²) in [4.78, 5) is 0. The molecule has 0 bridgehead atoms. The predicted molar refractivity (Wildman–Crippen MR) is 45.5 cm³/mol. The molecule has 0 fully saturated rings. The molecule has 0 aliphatic rings. The maximum Gasteiger partial charge on any atom is 0.108 e. The molecule has 2 N–H and O–H groups in total. The fourth-order valence-electron chi connectivity index (χ4n) is 1.16. The van der Waals surface area contributed by atoms with Gasteiger partial charge in [0.05, 0.1) is 0 Å². The molecule has 2 heteroatoms. The van der Waals surface area contributed by atoms with Crippen molar-refractivity contribution in [2.75, 3.05) is 6.54 Å². The third-order valence-electron chi connectivity index (χ3n) is 1.94. The first kappa shape index (κ1) is 8.34. The summed E-state index contributed by atoms with van der Waals surface area (Å²) in [5.74, 6) is 2.38. The van der Waals surface area contributed by atoms with E-state index in [9.17, 15) is 0 Å². The van der Waals surface area contributed by atoms with Gasteiger partial charge in [0.25, 0.3) is 0 Å². The normalized spacial score (nSPS) is 13.4. The molecule has 0 amide bonds. The van der Waals surface area contributed by atoms with Crippen molar-refractivity contribution < 1.29 is 4.42 Å². The van der Waals surface area contributed by atoms with Crippen molar-refractivity contribution in [2.45, 2.75) is 26.2 Å². The fourth-order valence-corrected chi connectivity index (χ4v) is 1.16. The zero-order valence-corrected chi connectivity index (χ0v) is 7.13. The Morgan fingerprint density at radius 1 is 1.55 bits per heavy atom. The molecule has 1 atom stereocenters. The summed E-state index contributed by atoms with van der Waals surface area (Å²) in [6, 6.07) is 3.99. The molecular weight excluding hydrogens is 138 g/mol. The Bertz CT molecular complexity index is 213. The summed E-state index contributed by atoms with van der Waals surface area (Å²) in [6.45, 7) is 4.74. The van der Waals surface area contributed by atoms with Gasteiger partial charge in [0.1, 0.15) is 11.5 Å². The van der Waals surface area contributed by atoms with Crippen molar-refractivity contribution in [1.29, 1.82) is 0 Å². The Hall–Kier alpha value is -0.760. The molecule has 0 saturated heterocycles. The van der Waals surface area contributed by atoms with E-state index < -0.39 is 0 Å². The molecule has 0 aliphatic heterocycles. The van der Waals surface area contributed by atoms with Gasteiger partial charge >= 0.3 is 0 Å². The van der Waals surface area contributed by atoms with Gasteiger partial charge in [-0.15, -0.1) is 0 Å². The second kappa shape index (κ2) is 3.58. The highest BCUT2D eigenvalue weighted by Gasteiger charge is 2.09. The SMILES string of the molecule is CCC(CN)c1ccc(C)o1. The smallest absolute Gasteiger partial charge is 0.108 e. The van der Waals surface area contributed by atoms with Gasteiger partial charge in [0.15, 0.2) is 0 Å². The molecule has 1 unspecified atom stereocenters. The van der Waals surface area contributed by atoms with Gasteiger partial charge in [-0.3, -0.25) is 0 Å². The average molecular weight is 153 g/mol. The van der Waals surface area contributed by atoms with Gasteiger partial charge in [-0.25, -0.2) is 0 Å². The summed E-state index contributed by atoms with van der Waals surface area (Å²) in [7, 11) is 0. The van der Waals surface area contributed by atoms with Crippen LogP contribution in [0.1, 0.15) is 30.8 Å². The highest BCUT2D eigenvalue weighted by Crippen LogP contribution is 2.19. The second-order valence-corrected chi connectivity index (χ2v) is 2.79. The standard InChI is InChI=1S/C9H15NO/c1-3-8(6-10)9-5-4-7(2)11-9/h4-5,8H,3,6,10H2,1-2H3. The fraction of sp³-hybridized carbons (Fsp3) is 0.556. The quantitative estimate of drug-likeness (QED) is 0.721. The van der Waals surface area contributed by atoms with E-state index in [4.69, 9.17) is 10.2 Å². The molecular formula is C9H15NO. The number of aryl methyl sites for hydroxylation is 1. The predicted octanol–water partition coefficient (Wildman–Crippen LogP) is 2.04. The minimum absolute atomic E-state index is 0.392. The molecule has 1 rings (SSSR count). The zero-order valence-electron chi connectivity index (χ0n) is 7.13. The lowest BCUT2D eigenvalue weighted by atomic mass is 10.0. The topological polar surface area (TPSA) is 39.2 Å². The third-order valence-corrected chi connectivity index (χ3v) is 1.94. The van der Waals surface area contributed by atoms with Gasteiger partial charge in [0, 0.05) is 12.5 Å².